The third kappa shape index (κ3) is 4.75. The van der Waals surface area contributed by atoms with Crippen molar-refractivity contribution in [3.63, 3.8) is 0 Å². The predicted molar refractivity (Wildman–Crippen MR) is 65.4 cm³/mol. The summed E-state index contributed by atoms with van der Waals surface area (Å²) in [5.74, 6) is -0.267. The highest BCUT2D eigenvalue weighted by molar-refractivity contribution is 5.85. The van der Waals surface area contributed by atoms with Crippen LogP contribution in [0.3, 0.4) is 0 Å². The molecule has 1 rings (SSSR count). The molecule has 0 aromatic rings. The van der Waals surface area contributed by atoms with Crippen LogP contribution in [0.1, 0.15) is 47.0 Å². The van der Waals surface area contributed by atoms with Gasteiger partial charge in [0.1, 0.15) is 6.04 Å². The van der Waals surface area contributed by atoms with E-state index in [9.17, 15) is 9.59 Å². The zero-order chi connectivity index (χ0) is 13.1. The van der Waals surface area contributed by atoms with Gasteiger partial charge in [-0.3, -0.25) is 4.79 Å². The Hall–Kier alpha value is -1.06. The average molecular weight is 241 g/mol. The average Bonchev–Trinajstić information content (AvgIpc) is 2.09. The van der Waals surface area contributed by atoms with Crippen LogP contribution >= 0.6 is 0 Å². The number of hydrogen-bond acceptors (Lipinski definition) is 3. The largest absolute Gasteiger partial charge is 0.464 e. The summed E-state index contributed by atoms with van der Waals surface area (Å²) >= 11 is 0. The van der Waals surface area contributed by atoms with Crippen LogP contribution in [0, 0.1) is 11.3 Å². The van der Waals surface area contributed by atoms with Crippen molar-refractivity contribution in [1.82, 2.24) is 5.32 Å². The number of esters is 1. The molecule has 0 aromatic carbocycles. The quantitative estimate of drug-likeness (QED) is 0.765. The number of carbonyl (C=O) groups excluding carboxylic acids is 2. The minimum atomic E-state index is -0.551. The highest BCUT2D eigenvalue weighted by Crippen LogP contribution is 2.26. The molecule has 0 aromatic heterocycles. The van der Waals surface area contributed by atoms with Crippen LogP contribution in [0.15, 0.2) is 0 Å². The maximum atomic E-state index is 11.6. The van der Waals surface area contributed by atoms with E-state index in [2.05, 4.69) is 5.32 Å². The molecule has 1 saturated carbocycles. The summed E-state index contributed by atoms with van der Waals surface area (Å²) in [6.45, 7) is 8.03. The smallest absolute Gasteiger partial charge is 0.328 e. The van der Waals surface area contributed by atoms with Gasteiger partial charge in [-0.05, 0) is 25.2 Å². The molecule has 1 aliphatic rings. The van der Waals surface area contributed by atoms with Gasteiger partial charge < -0.3 is 10.1 Å². The second kappa shape index (κ2) is 5.52. The van der Waals surface area contributed by atoms with E-state index in [1.165, 1.54) is 0 Å². The SMILES string of the molecule is CC(NC(=O)C1CCC1)C(=O)OCC(C)(C)C. The van der Waals surface area contributed by atoms with Gasteiger partial charge in [-0.15, -0.1) is 0 Å². The van der Waals surface area contributed by atoms with Crippen molar-refractivity contribution in [1.29, 1.82) is 0 Å². The zero-order valence-corrected chi connectivity index (χ0v) is 11.2. The highest BCUT2D eigenvalue weighted by Gasteiger charge is 2.28. The third-order valence-corrected chi connectivity index (χ3v) is 2.84. The molecule has 98 valence electrons. The molecule has 17 heavy (non-hydrogen) atoms. The summed E-state index contributed by atoms with van der Waals surface area (Å²) in [6.07, 6.45) is 2.99. The van der Waals surface area contributed by atoms with Crippen molar-refractivity contribution >= 4 is 11.9 Å². The van der Waals surface area contributed by atoms with Crippen molar-refractivity contribution in [2.75, 3.05) is 6.61 Å². The summed E-state index contributed by atoms with van der Waals surface area (Å²) in [7, 11) is 0. The van der Waals surface area contributed by atoms with Gasteiger partial charge in [-0.1, -0.05) is 27.2 Å². The van der Waals surface area contributed by atoms with Gasteiger partial charge >= 0.3 is 5.97 Å². The lowest BCUT2D eigenvalue weighted by molar-refractivity contribution is -0.150. The molecule has 4 nitrogen and oxygen atoms in total. The lowest BCUT2D eigenvalue weighted by atomic mass is 9.84. The minimum absolute atomic E-state index is 0.0172. The van der Waals surface area contributed by atoms with E-state index in [4.69, 9.17) is 4.74 Å². The van der Waals surface area contributed by atoms with Crippen molar-refractivity contribution in [3.05, 3.63) is 0 Å². The summed E-state index contributed by atoms with van der Waals surface area (Å²) in [6, 6.07) is -0.551. The fourth-order valence-corrected chi connectivity index (χ4v) is 1.47. The fourth-order valence-electron chi connectivity index (χ4n) is 1.47. The van der Waals surface area contributed by atoms with Crippen molar-refractivity contribution < 1.29 is 14.3 Å². The molecule has 4 heteroatoms. The first-order valence-corrected chi connectivity index (χ1v) is 6.26. The first kappa shape index (κ1) is 14.0. The van der Waals surface area contributed by atoms with Gasteiger partial charge in [0.15, 0.2) is 0 Å². The van der Waals surface area contributed by atoms with Gasteiger partial charge in [0, 0.05) is 5.92 Å². The Morgan fingerprint density at radius 1 is 1.35 bits per heavy atom. The van der Waals surface area contributed by atoms with Gasteiger partial charge in [0.2, 0.25) is 5.91 Å². The molecule has 0 heterocycles. The Bertz CT molecular complexity index is 290. The summed E-state index contributed by atoms with van der Waals surface area (Å²) in [5, 5.41) is 2.70. The number of rotatable bonds is 4. The Morgan fingerprint density at radius 2 is 1.94 bits per heavy atom. The van der Waals surface area contributed by atoms with Crippen molar-refractivity contribution in [2.45, 2.75) is 53.0 Å². The van der Waals surface area contributed by atoms with E-state index in [1.54, 1.807) is 6.92 Å². The van der Waals surface area contributed by atoms with Crippen LogP contribution in [-0.2, 0) is 14.3 Å². The molecule has 0 radical (unpaired) electrons. The van der Waals surface area contributed by atoms with E-state index < -0.39 is 6.04 Å². The van der Waals surface area contributed by atoms with Crippen molar-refractivity contribution in [2.24, 2.45) is 11.3 Å². The van der Waals surface area contributed by atoms with E-state index >= 15 is 0 Å². The second-order valence-corrected chi connectivity index (χ2v) is 6.03. The molecular formula is C13H23NO3. The van der Waals surface area contributed by atoms with E-state index in [-0.39, 0.29) is 23.2 Å². The predicted octanol–water partition coefficient (Wildman–Crippen LogP) is 1.88. The molecule has 1 fully saturated rings. The van der Waals surface area contributed by atoms with Crippen LogP contribution in [0.2, 0.25) is 0 Å². The second-order valence-electron chi connectivity index (χ2n) is 6.03. The van der Waals surface area contributed by atoms with E-state index in [1.807, 2.05) is 20.8 Å². The zero-order valence-electron chi connectivity index (χ0n) is 11.2. The van der Waals surface area contributed by atoms with E-state index in [0.717, 1.165) is 19.3 Å². The molecule has 0 saturated heterocycles. The molecule has 1 unspecified atom stereocenters. The lowest BCUT2D eigenvalue weighted by Gasteiger charge is -2.26. The van der Waals surface area contributed by atoms with E-state index in [0.29, 0.717) is 6.61 Å². The minimum Gasteiger partial charge on any atom is -0.464 e. The van der Waals surface area contributed by atoms with Gasteiger partial charge in [0.25, 0.3) is 0 Å². The third-order valence-electron chi connectivity index (χ3n) is 2.84. The van der Waals surface area contributed by atoms with Crippen molar-refractivity contribution in [3.8, 4) is 0 Å². The summed E-state index contributed by atoms with van der Waals surface area (Å²) in [4.78, 5) is 23.2. The Labute approximate surface area is 103 Å². The summed E-state index contributed by atoms with van der Waals surface area (Å²) in [5.41, 5.74) is -0.0483. The van der Waals surface area contributed by atoms with Crippen LogP contribution < -0.4 is 5.32 Å². The van der Waals surface area contributed by atoms with Gasteiger partial charge in [-0.2, -0.15) is 0 Å². The molecule has 1 N–H and O–H groups in total. The van der Waals surface area contributed by atoms with Crippen LogP contribution in [0.4, 0.5) is 0 Å². The Kier molecular flexibility index (Phi) is 4.54. The molecule has 0 bridgehead atoms. The Balaban J connectivity index is 2.28. The Morgan fingerprint density at radius 3 is 2.35 bits per heavy atom. The highest BCUT2D eigenvalue weighted by atomic mass is 16.5. The topological polar surface area (TPSA) is 55.4 Å². The fraction of sp³-hybridized carbons (Fsp3) is 0.846. The maximum Gasteiger partial charge on any atom is 0.328 e. The monoisotopic (exact) mass is 241 g/mol. The normalized spacial score (nSPS) is 18.1. The number of carbonyl (C=O) groups is 2. The molecule has 0 spiro atoms. The molecule has 0 aliphatic heterocycles. The number of hydrogen-bond donors (Lipinski definition) is 1. The number of nitrogens with one attached hydrogen (secondary N) is 1. The molecular weight excluding hydrogens is 218 g/mol. The molecule has 1 amide bonds. The first-order chi connectivity index (χ1) is 7.79. The standard InChI is InChI=1S/C13H23NO3/c1-9(12(16)17-8-13(2,3)4)14-11(15)10-6-5-7-10/h9-10H,5-8H2,1-4H3,(H,14,15). The molecule has 1 aliphatic carbocycles. The number of amides is 1. The van der Waals surface area contributed by atoms with Gasteiger partial charge in [0.05, 0.1) is 6.61 Å². The molecule has 1 atom stereocenters. The maximum absolute atomic E-state index is 11.6. The van der Waals surface area contributed by atoms with Crippen LogP contribution in [0.5, 0.6) is 0 Å². The first-order valence-electron chi connectivity index (χ1n) is 6.26. The van der Waals surface area contributed by atoms with Crippen LogP contribution in [-0.4, -0.2) is 24.5 Å². The lowest BCUT2D eigenvalue weighted by Crippen LogP contribution is -2.44. The summed E-state index contributed by atoms with van der Waals surface area (Å²) < 4.78 is 5.15. The van der Waals surface area contributed by atoms with Gasteiger partial charge in [-0.25, -0.2) is 4.79 Å². The number of ether oxygens (including phenoxy) is 1. The van der Waals surface area contributed by atoms with Crippen LogP contribution in [0.25, 0.3) is 0 Å².